The SMILES string of the molecule is COc1ccc(/C=N/N(C)C(=O)c2ccccc2)cc1OC. The van der Waals surface area contributed by atoms with Gasteiger partial charge < -0.3 is 9.47 Å². The minimum Gasteiger partial charge on any atom is -0.493 e. The number of rotatable bonds is 5. The first kappa shape index (κ1) is 15.6. The maximum absolute atomic E-state index is 12.2. The first-order chi connectivity index (χ1) is 10.7. The van der Waals surface area contributed by atoms with Crippen molar-refractivity contribution in [2.24, 2.45) is 5.10 Å². The van der Waals surface area contributed by atoms with Crippen LogP contribution < -0.4 is 9.47 Å². The second-order valence-electron chi connectivity index (χ2n) is 4.55. The third-order valence-corrected chi connectivity index (χ3v) is 3.10. The molecule has 0 fully saturated rings. The molecule has 1 amide bonds. The Morgan fingerprint density at radius 1 is 1.05 bits per heavy atom. The van der Waals surface area contributed by atoms with Crippen LogP contribution in [-0.2, 0) is 0 Å². The van der Waals surface area contributed by atoms with Crippen molar-refractivity contribution < 1.29 is 14.3 Å². The van der Waals surface area contributed by atoms with Crippen molar-refractivity contribution in [2.75, 3.05) is 21.3 Å². The minimum absolute atomic E-state index is 0.169. The van der Waals surface area contributed by atoms with Crippen LogP contribution in [0.25, 0.3) is 0 Å². The molecule has 0 aliphatic carbocycles. The number of hydrazone groups is 1. The van der Waals surface area contributed by atoms with Crippen molar-refractivity contribution in [3.63, 3.8) is 0 Å². The summed E-state index contributed by atoms with van der Waals surface area (Å²) in [6.07, 6.45) is 1.60. The molecule has 0 radical (unpaired) electrons. The lowest BCUT2D eigenvalue weighted by Crippen LogP contribution is -2.21. The van der Waals surface area contributed by atoms with E-state index < -0.39 is 0 Å². The van der Waals surface area contributed by atoms with E-state index in [0.29, 0.717) is 17.1 Å². The molecule has 0 saturated carbocycles. The number of hydrogen-bond acceptors (Lipinski definition) is 4. The summed E-state index contributed by atoms with van der Waals surface area (Å²) in [7, 11) is 4.77. The van der Waals surface area contributed by atoms with Crippen LogP contribution in [0, 0.1) is 0 Å². The summed E-state index contributed by atoms with van der Waals surface area (Å²) in [6.45, 7) is 0. The molecule has 0 saturated heterocycles. The number of carbonyl (C=O) groups is 1. The summed E-state index contributed by atoms with van der Waals surface area (Å²) in [5.41, 5.74) is 1.40. The molecule has 114 valence electrons. The molecule has 0 aromatic heterocycles. The lowest BCUT2D eigenvalue weighted by Gasteiger charge is -2.11. The smallest absolute Gasteiger partial charge is 0.273 e. The molecule has 2 aromatic carbocycles. The van der Waals surface area contributed by atoms with Crippen LogP contribution in [0.3, 0.4) is 0 Å². The predicted octanol–water partition coefficient (Wildman–Crippen LogP) is 2.81. The average molecular weight is 298 g/mol. The van der Waals surface area contributed by atoms with Gasteiger partial charge in [-0.2, -0.15) is 5.10 Å². The van der Waals surface area contributed by atoms with Gasteiger partial charge in [-0.05, 0) is 35.9 Å². The first-order valence-electron chi connectivity index (χ1n) is 6.75. The molecule has 2 rings (SSSR count). The summed E-state index contributed by atoms with van der Waals surface area (Å²) in [4.78, 5) is 12.2. The van der Waals surface area contributed by atoms with E-state index in [4.69, 9.17) is 9.47 Å². The molecule has 0 aliphatic heterocycles. The highest BCUT2D eigenvalue weighted by atomic mass is 16.5. The zero-order valence-corrected chi connectivity index (χ0v) is 12.8. The fourth-order valence-electron chi connectivity index (χ4n) is 1.91. The van der Waals surface area contributed by atoms with Gasteiger partial charge in [0, 0.05) is 12.6 Å². The third kappa shape index (κ3) is 3.63. The van der Waals surface area contributed by atoms with Crippen LogP contribution in [0.1, 0.15) is 15.9 Å². The van der Waals surface area contributed by atoms with Crippen molar-refractivity contribution in [1.82, 2.24) is 5.01 Å². The van der Waals surface area contributed by atoms with Crippen LogP contribution in [0.4, 0.5) is 0 Å². The van der Waals surface area contributed by atoms with Gasteiger partial charge in [0.15, 0.2) is 11.5 Å². The zero-order chi connectivity index (χ0) is 15.9. The molecule has 5 heteroatoms. The normalized spacial score (nSPS) is 10.5. The van der Waals surface area contributed by atoms with E-state index >= 15 is 0 Å². The van der Waals surface area contributed by atoms with Crippen molar-refractivity contribution in [2.45, 2.75) is 0 Å². The Balaban J connectivity index is 2.13. The van der Waals surface area contributed by atoms with E-state index in [9.17, 15) is 4.79 Å². The number of ether oxygens (including phenoxy) is 2. The van der Waals surface area contributed by atoms with Gasteiger partial charge in [0.2, 0.25) is 0 Å². The lowest BCUT2D eigenvalue weighted by atomic mass is 10.2. The molecule has 0 unspecified atom stereocenters. The molecule has 2 aromatic rings. The number of amides is 1. The van der Waals surface area contributed by atoms with Crippen molar-refractivity contribution in [3.8, 4) is 11.5 Å². The number of benzene rings is 2. The highest BCUT2D eigenvalue weighted by Crippen LogP contribution is 2.26. The highest BCUT2D eigenvalue weighted by molar-refractivity contribution is 5.94. The van der Waals surface area contributed by atoms with Gasteiger partial charge in [0.25, 0.3) is 5.91 Å². The second kappa shape index (κ2) is 7.26. The molecule has 0 N–H and O–H groups in total. The van der Waals surface area contributed by atoms with Crippen molar-refractivity contribution >= 4 is 12.1 Å². The molecule has 0 spiro atoms. The molecule has 0 heterocycles. The van der Waals surface area contributed by atoms with Gasteiger partial charge in [-0.1, -0.05) is 18.2 Å². The van der Waals surface area contributed by atoms with E-state index in [1.165, 1.54) is 5.01 Å². The van der Waals surface area contributed by atoms with Crippen LogP contribution in [0.5, 0.6) is 11.5 Å². The molecular formula is C17H18N2O3. The van der Waals surface area contributed by atoms with Crippen LogP contribution >= 0.6 is 0 Å². The highest BCUT2D eigenvalue weighted by Gasteiger charge is 2.09. The Morgan fingerprint density at radius 3 is 2.36 bits per heavy atom. The summed E-state index contributed by atoms with van der Waals surface area (Å²) < 4.78 is 10.4. The van der Waals surface area contributed by atoms with E-state index in [0.717, 1.165) is 5.56 Å². The zero-order valence-electron chi connectivity index (χ0n) is 12.8. The Hall–Kier alpha value is -2.82. The number of carbonyl (C=O) groups excluding carboxylic acids is 1. The molecule has 22 heavy (non-hydrogen) atoms. The quantitative estimate of drug-likeness (QED) is 0.630. The van der Waals surface area contributed by atoms with Gasteiger partial charge in [-0.3, -0.25) is 4.79 Å². The number of hydrogen-bond donors (Lipinski definition) is 0. The Labute approximate surface area is 129 Å². The second-order valence-corrected chi connectivity index (χ2v) is 4.55. The third-order valence-electron chi connectivity index (χ3n) is 3.10. The van der Waals surface area contributed by atoms with E-state index in [2.05, 4.69) is 5.10 Å². The number of methoxy groups -OCH3 is 2. The lowest BCUT2D eigenvalue weighted by molar-refractivity contribution is 0.0800. The topological polar surface area (TPSA) is 51.1 Å². The number of nitrogens with zero attached hydrogens (tertiary/aromatic N) is 2. The Kier molecular flexibility index (Phi) is 5.14. The maximum Gasteiger partial charge on any atom is 0.273 e. The van der Waals surface area contributed by atoms with Crippen molar-refractivity contribution in [1.29, 1.82) is 0 Å². The maximum atomic E-state index is 12.2. The van der Waals surface area contributed by atoms with Gasteiger partial charge in [0.1, 0.15) is 0 Å². The summed E-state index contributed by atoms with van der Waals surface area (Å²) >= 11 is 0. The van der Waals surface area contributed by atoms with Gasteiger partial charge in [-0.25, -0.2) is 5.01 Å². The summed E-state index contributed by atoms with van der Waals surface area (Å²) in [5.74, 6) is 1.09. The molecule has 0 atom stereocenters. The molecular weight excluding hydrogens is 280 g/mol. The van der Waals surface area contributed by atoms with E-state index in [-0.39, 0.29) is 5.91 Å². The van der Waals surface area contributed by atoms with Gasteiger partial charge >= 0.3 is 0 Å². The molecule has 5 nitrogen and oxygen atoms in total. The van der Waals surface area contributed by atoms with Crippen LogP contribution in [0.15, 0.2) is 53.6 Å². The standard InChI is InChI=1S/C17H18N2O3/c1-19(17(20)14-7-5-4-6-8-14)18-12-13-9-10-15(21-2)16(11-13)22-3/h4-12H,1-3H3/b18-12+. The molecule has 0 bridgehead atoms. The summed E-state index contributed by atoms with van der Waals surface area (Å²) in [6, 6.07) is 14.4. The van der Waals surface area contributed by atoms with Gasteiger partial charge in [0.05, 0.1) is 20.4 Å². The fourth-order valence-corrected chi connectivity index (χ4v) is 1.91. The largest absolute Gasteiger partial charge is 0.493 e. The summed E-state index contributed by atoms with van der Waals surface area (Å²) in [5, 5.41) is 5.46. The predicted molar refractivity (Wildman–Crippen MR) is 85.7 cm³/mol. The first-order valence-corrected chi connectivity index (χ1v) is 6.75. The fraction of sp³-hybridized carbons (Fsp3) is 0.176. The van der Waals surface area contributed by atoms with Gasteiger partial charge in [-0.15, -0.1) is 0 Å². The van der Waals surface area contributed by atoms with Crippen molar-refractivity contribution in [3.05, 3.63) is 59.7 Å². The van der Waals surface area contributed by atoms with E-state index in [1.807, 2.05) is 24.3 Å². The molecule has 0 aliphatic rings. The Morgan fingerprint density at radius 2 is 1.73 bits per heavy atom. The monoisotopic (exact) mass is 298 g/mol. The minimum atomic E-state index is -0.169. The Bertz CT molecular complexity index is 669. The van der Waals surface area contributed by atoms with Crippen LogP contribution in [0.2, 0.25) is 0 Å². The van der Waals surface area contributed by atoms with E-state index in [1.54, 1.807) is 51.7 Å². The van der Waals surface area contributed by atoms with Crippen LogP contribution in [-0.4, -0.2) is 38.4 Å². The average Bonchev–Trinajstić information content (AvgIpc) is 2.59.